The third kappa shape index (κ3) is 3.35. The van der Waals surface area contributed by atoms with Gasteiger partial charge < -0.3 is 0 Å². The maximum atomic E-state index is 10.5. The molecule has 19 heavy (non-hydrogen) atoms. The van der Waals surface area contributed by atoms with Crippen LogP contribution in [0.4, 0.5) is 0 Å². The molecule has 0 saturated carbocycles. The summed E-state index contributed by atoms with van der Waals surface area (Å²) in [6.45, 7) is 4.35. The van der Waals surface area contributed by atoms with E-state index in [1.807, 2.05) is 30.8 Å². The topological polar surface area (TPSA) is 66.8 Å². The molecule has 2 fully saturated rings. The Morgan fingerprint density at radius 3 is 2.47 bits per heavy atom. The van der Waals surface area contributed by atoms with E-state index in [1.165, 1.54) is 7.11 Å². The predicted molar refractivity (Wildman–Crippen MR) is 75.1 cm³/mol. The zero-order valence-electron chi connectivity index (χ0n) is 12.0. The molecule has 2 rings (SSSR count). The Kier molecular flexibility index (Phi) is 4.63. The van der Waals surface area contributed by atoms with E-state index in [2.05, 4.69) is 4.76 Å². The molecule has 0 amide bonds. The third-order valence-corrected chi connectivity index (χ3v) is 5.20. The van der Waals surface area contributed by atoms with Crippen LogP contribution in [-0.2, 0) is 13.8 Å². The summed E-state index contributed by atoms with van der Waals surface area (Å²) in [7, 11) is 1.76. The number of rotatable bonds is 4. The molecular weight excluding hydrogens is 269 g/mol. The Labute approximate surface area is 114 Å². The Hall–Kier alpha value is -0.460. The first kappa shape index (κ1) is 14.9. The second-order valence-corrected chi connectivity index (χ2v) is 6.99. The Bertz CT molecular complexity index is 345. The third-order valence-electron chi connectivity index (χ3n) is 3.57. The van der Waals surface area contributed by atoms with Gasteiger partial charge in [-0.25, -0.2) is 0 Å². The number of likely N-dealkylation sites (N-methyl/N-ethyl adjacent to an activating group) is 2. The summed E-state index contributed by atoms with van der Waals surface area (Å²) in [5, 5.41) is 0. The van der Waals surface area contributed by atoms with Crippen LogP contribution in [0.1, 0.15) is 13.3 Å². The SMILES string of the molecule is CO[PH](O)(N=C1N(C)CCN1C)OC1CCO[C@@H]1C. The van der Waals surface area contributed by atoms with Gasteiger partial charge in [-0.3, -0.25) is 0 Å². The van der Waals surface area contributed by atoms with E-state index in [0.29, 0.717) is 12.6 Å². The number of hydrogen-bond donors (Lipinski definition) is 1. The summed E-state index contributed by atoms with van der Waals surface area (Å²) in [4.78, 5) is 14.5. The van der Waals surface area contributed by atoms with Crippen LogP contribution in [0.5, 0.6) is 0 Å². The molecule has 2 aliphatic rings. The number of nitrogens with zero attached hydrogens (tertiary/aromatic N) is 3. The molecular formula is C11H24N3O4P. The quantitative estimate of drug-likeness (QED) is 0.760. The monoisotopic (exact) mass is 293 g/mol. The summed E-state index contributed by atoms with van der Waals surface area (Å²) in [6.07, 6.45) is 0.572. The molecule has 0 aliphatic carbocycles. The van der Waals surface area contributed by atoms with Crippen LogP contribution in [0, 0.1) is 0 Å². The Morgan fingerprint density at radius 1 is 1.37 bits per heavy atom. The first-order valence-corrected chi connectivity index (χ1v) is 8.25. The summed E-state index contributed by atoms with van der Waals surface area (Å²) in [5.74, 6) is 0.711. The molecule has 0 aromatic rings. The number of ether oxygens (including phenoxy) is 1. The fourth-order valence-electron chi connectivity index (χ4n) is 2.27. The van der Waals surface area contributed by atoms with Crippen LogP contribution < -0.4 is 0 Å². The number of guanidine groups is 1. The summed E-state index contributed by atoms with van der Waals surface area (Å²) in [6, 6.07) is 0. The van der Waals surface area contributed by atoms with Crippen molar-refractivity contribution in [2.75, 3.05) is 40.9 Å². The molecule has 2 saturated heterocycles. The van der Waals surface area contributed by atoms with Gasteiger partial charge in [0.1, 0.15) is 0 Å². The average molecular weight is 293 g/mol. The Morgan fingerprint density at radius 2 is 2.00 bits per heavy atom. The van der Waals surface area contributed by atoms with Crippen LogP contribution in [0.2, 0.25) is 0 Å². The first-order valence-electron chi connectivity index (χ1n) is 6.54. The molecule has 0 aromatic heterocycles. The van der Waals surface area contributed by atoms with Gasteiger partial charge in [-0.1, -0.05) is 0 Å². The molecule has 0 radical (unpaired) electrons. The van der Waals surface area contributed by atoms with Crippen molar-refractivity contribution in [2.45, 2.75) is 25.6 Å². The van der Waals surface area contributed by atoms with Gasteiger partial charge in [-0.2, -0.15) is 0 Å². The van der Waals surface area contributed by atoms with Gasteiger partial charge in [0.05, 0.1) is 0 Å². The second kappa shape index (κ2) is 5.89. The van der Waals surface area contributed by atoms with Crippen LogP contribution in [0.15, 0.2) is 4.76 Å². The molecule has 0 spiro atoms. The van der Waals surface area contributed by atoms with Crippen LogP contribution >= 0.6 is 8.09 Å². The van der Waals surface area contributed by atoms with Crippen molar-refractivity contribution in [3.8, 4) is 0 Å². The standard InChI is InChI=1S/C11H24N3O4P/c1-9-10(5-8-17-9)18-19(15,16-4)12-11-13(2)6-7-14(11)3/h9-10,15,19H,5-8H2,1-4H3/t9-,10?/m1/s1. The Balaban J connectivity index is 2.10. The van der Waals surface area contributed by atoms with Crippen molar-refractivity contribution < 1.29 is 18.7 Å². The van der Waals surface area contributed by atoms with E-state index >= 15 is 0 Å². The zero-order chi connectivity index (χ0) is 14.0. The van der Waals surface area contributed by atoms with Gasteiger partial charge in [0.15, 0.2) is 0 Å². The molecule has 0 aromatic carbocycles. The summed E-state index contributed by atoms with van der Waals surface area (Å²) in [5.41, 5.74) is 0. The molecule has 112 valence electrons. The van der Waals surface area contributed by atoms with E-state index in [0.717, 1.165) is 19.5 Å². The molecule has 2 heterocycles. The van der Waals surface area contributed by atoms with Gasteiger partial charge in [0.25, 0.3) is 0 Å². The molecule has 0 bridgehead atoms. The normalized spacial score (nSPS) is 29.2. The van der Waals surface area contributed by atoms with E-state index in [9.17, 15) is 4.89 Å². The van der Waals surface area contributed by atoms with E-state index in [-0.39, 0.29) is 12.2 Å². The molecule has 1 N–H and O–H groups in total. The van der Waals surface area contributed by atoms with Crippen LogP contribution in [-0.4, -0.2) is 73.8 Å². The summed E-state index contributed by atoms with van der Waals surface area (Å²) < 4.78 is 20.7. The molecule has 2 atom stereocenters. The maximum absolute atomic E-state index is 10.5. The molecule has 8 heteroatoms. The van der Waals surface area contributed by atoms with Crippen molar-refractivity contribution in [1.29, 1.82) is 0 Å². The average Bonchev–Trinajstić information content (AvgIpc) is 2.90. The van der Waals surface area contributed by atoms with Gasteiger partial charge in [-0.15, -0.1) is 0 Å². The van der Waals surface area contributed by atoms with Crippen LogP contribution in [0.3, 0.4) is 0 Å². The number of hydrogen-bond acceptors (Lipinski definition) is 5. The van der Waals surface area contributed by atoms with Crippen LogP contribution in [0.25, 0.3) is 0 Å². The minimum atomic E-state index is -3.55. The van der Waals surface area contributed by atoms with Gasteiger partial charge in [-0.05, 0) is 0 Å². The predicted octanol–water partition coefficient (Wildman–Crippen LogP) is 0.462. The molecule has 1 unspecified atom stereocenters. The minimum absolute atomic E-state index is 0.0339. The van der Waals surface area contributed by atoms with Gasteiger partial charge >= 0.3 is 114 Å². The zero-order valence-corrected chi connectivity index (χ0v) is 13.0. The summed E-state index contributed by atoms with van der Waals surface area (Å²) >= 11 is 0. The van der Waals surface area contributed by atoms with Gasteiger partial charge in [0.2, 0.25) is 0 Å². The van der Waals surface area contributed by atoms with Gasteiger partial charge in [0, 0.05) is 0 Å². The second-order valence-electron chi connectivity index (χ2n) is 5.03. The molecule has 7 nitrogen and oxygen atoms in total. The van der Waals surface area contributed by atoms with Crippen molar-refractivity contribution >= 4 is 14.1 Å². The van der Waals surface area contributed by atoms with Crippen molar-refractivity contribution in [1.82, 2.24) is 9.80 Å². The van der Waals surface area contributed by atoms with Crippen molar-refractivity contribution in [3.05, 3.63) is 0 Å². The fraction of sp³-hybridized carbons (Fsp3) is 0.909. The van der Waals surface area contributed by atoms with Crippen molar-refractivity contribution in [2.24, 2.45) is 4.76 Å². The van der Waals surface area contributed by atoms with E-state index in [4.69, 9.17) is 13.8 Å². The van der Waals surface area contributed by atoms with E-state index < -0.39 is 8.09 Å². The first-order chi connectivity index (χ1) is 8.95. The molecule has 2 aliphatic heterocycles. The van der Waals surface area contributed by atoms with Crippen molar-refractivity contribution in [3.63, 3.8) is 0 Å². The van der Waals surface area contributed by atoms with E-state index in [1.54, 1.807) is 0 Å². The fourth-order valence-corrected chi connectivity index (χ4v) is 3.81.